The van der Waals surface area contributed by atoms with Crippen LogP contribution in [0, 0.1) is 11.3 Å². The molecule has 2 nitrogen and oxygen atoms in total. The fourth-order valence-electron chi connectivity index (χ4n) is 2.67. The van der Waals surface area contributed by atoms with E-state index in [0.717, 1.165) is 19.3 Å². The zero-order chi connectivity index (χ0) is 8.77. The second-order valence-corrected chi connectivity index (χ2v) is 4.32. The summed E-state index contributed by atoms with van der Waals surface area (Å²) in [4.78, 5) is 22.7. The third-order valence-electron chi connectivity index (χ3n) is 3.60. The normalized spacial score (nSPS) is 41.6. The van der Waals surface area contributed by atoms with Crippen LogP contribution in [0.2, 0.25) is 0 Å². The Bertz CT molecular complexity index is 244. The summed E-state index contributed by atoms with van der Waals surface area (Å²) in [6.45, 7) is 1.98. The third-order valence-corrected chi connectivity index (χ3v) is 3.60. The van der Waals surface area contributed by atoms with Crippen LogP contribution in [0.4, 0.5) is 0 Å². The van der Waals surface area contributed by atoms with Crippen LogP contribution in [0.3, 0.4) is 0 Å². The van der Waals surface area contributed by atoms with E-state index < -0.39 is 0 Å². The van der Waals surface area contributed by atoms with Gasteiger partial charge in [-0.2, -0.15) is 0 Å². The molecular formula is C10H14O2. The van der Waals surface area contributed by atoms with Crippen molar-refractivity contribution in [2.45, 2.75) is 39.0 Å². The lowest BCUT2D eigenvalue weighted by atomic mass is 9.69. The highest BCUT2D eigenvalue weighted by Gasteiger charge is 2.51. The van der Waals surface area contributed by atoms with Crippen LogP contribution < -0.4 is 0 Å². The molecular weight excluding hydrogens is 152 g/mol. The average molecular weight is 166 g/mol. The number of carbonyl (C=O) groups excluding carboxylic acids is 2. The summed E-state index contributed by atoms with van der Waals surface area (Å²) < 4.78 is 0. The number of Topliss-reactive ketones (excluding diaryl/α,β-unsaturated/α-hetero) is 2. The van der Waals surface area contributed by atoms with Crippen LogP contribution in [0.1, 0.15) is 39.0 Å². The van der Waals surface area contributed by atoms with Crippen molar-refractivity contribution < 1.29 is 9.59 Å². The van der Waals surface area contributed by atoms with E-state index in [1.165, 1.54) is 6.42 Å². The molecule has 12 heavy (non-hydrogen) atoms. The molecule has 2 rings (SSSR count). The molecule has 0 aromatic carbocycles. The minimum atomic E-state index is -0.269. The quantitative estimate of drug-likeness (QED) is 0.513. The lowest BCUT2D eigenvalue weighted by Gasteiger charge is -2.33. The van der Waals surface area contributed by atoms with Crippen molar-refractivity contribution >= 4 is 11.6 Å². The van der Waals surface area contributed by atoms with Crippen molar-refractivity contribution in [3.63, 3.8) is 0 Å². The largest absolute Gasteiger partial charge is 0.291 e. The topological polar surface area (TPSA) is 34.1 Å². The summed E-state index contributed by atoms with van der Waals surface area (Å²) in [5, 5.41) is 0. The number of rotatable bonds is 0. The summed E-state index contributed by atoms with van der Waals surface area (Å²) in [7, 11) is 0. The molecule has 66 valence electrons. The lowest BCUT2D eigenvalue weighted by Crippen LogP contribution is -2.33. The number of ketones is 2. The Hall–Kier alpha value is -0.660. The third kappa shape index (κ3) is 0.869. The van der Waals surface area contributed by atoms with Crippen LogP contribution >= 0.6 is 0 Å². The van der Waals surface area contributed by atoms with E-state index >= 15 is 0 Å². The zero-order valence-corrected chi connectivity index (χ0v) is 7.43. The predicted molar refractivity (Wildman–Crippen MR) is 44.7 cm³/mol. The Morgan fingerprint density at radius 1 is 1.33 bits per heavy atom. The van der Waals surface area contributed by atoms with Crippen LogP contribution in [0.5, 0.6) is 0 Å². The SMILES string of the molecule is CC12CCCCC1CC(=O)C2=O. The highest BCUT2D eigenvalue weighted by molar-refractivity contribution is 6.41. The maximum absolute atomic E-state index is 11.5. The monoisotopic (exact) mass is 166 g/mol. The molecule has 2 unspecified atom stereocenters. The van der Waals surface area contributed by atoms with Gasteiger partial charge < -0.3 is 0 Å². The molecule has 0 bridgehead atoms. The van der Waals surface area contributed by atoms with Crippen LogP contribution in [0.25, 0.3) is 0 Å². The minimum absolute atomic E-state index is 0.0906. The van der Waals surface area contributed by atoms with Crippen molar-refractivity contribution in [1.82, 2.24) is 0 Å². The van der Waals surface area contributed by atoms with Gasteiger partial charge in [-0.3, -0.25) is 9.59 Å². The van der Waals surface area contributed by atoms with Crippen molar-refractivity contribution in [2.24, 2.45) is 11.3 Å². The molecule has 2 aliphatic carbocycles. The van der Waals surface area contributed by atoms with Crippen LogP contribution in [-0.4, -0.2) is 11.6 Å². The Balaban J connectivity index is 2.31. The maximum atomic E-state index is 11.5. The van der Waals surface area contributed by atoms with Crippen molar-refractivity contribution in [3.8, 4) is 0 Å². The first kappa shape index (κ1) is 7.96. The van der Waals surface area contributed by atoms with E-state index in [1.54, 1.807) is 0 Å². The number of hydrogen-bond acceptors (Lipinski definition) is 2. The fraction of sp³-hybridized carbons (Fsp3) is 0.800. The van der Waals surface area contributed by atoms with Crippen LogP contribution in [0.15, 0.2) is 0 Å². The molecule has 0 radical (unpaired) electrons. The van der Waals surface area contributed by atoms with E-state index in [1.807, 2.05) is 6.92 Å². The van der Waals surface area contributed by atoms with Gasteiger partial charge in [0.15, 0.2) is 5.78 Å². The summed E-state index contributed by atoms with van der Waals surface area (Å²) in [5.41, 5.74) is -0.269. The molecule has 0 N–H and O–H groups in total. The molecule has 0 heterocycles. The van der Waals surface area contributed by atoms with Crippen molar-refractivity contribution in [2.75, 3.05) is 0 Å². The van der Waals surface area contributed by atoms with Gasteiger partial charge in [0.25, 0.3) is 0 Å². The first-order chi connectivity index (χ1) is 5.64. The lowest BCUT2D eigenvalue weighted by molar-refractivity contribution is -0.139. The van der Waals surface area contributed by atoms with Gasteiger partial charge in [-0.05, 0) is 18.8 Å². The van der Waals surface area contributed by atoms with E-state index in [2.05, 4.69) is 0 Å². The number of carbonyl (C=O) groups is 2. The summed E-state index contributed by atoms with van der Waals surface area (Å²) in [6.07, 6.45) is 4.85. The Morgan fingerprint density at radius 2 is 2.08 bits per heavy atom. The molecule has 0 amide bonds. The molecule has 2 aliphatic rings. The first-order valence-corrected chi connectivity index (χ1v) is 4.72. The van der Waals surface area contributed by atoms with Gasteiger partial charge in [-0.15, -0.1) is 0 Å². The van der Waals surface area contributed by atoms with E-state index in [9.17, 15) is 9.59 Å². The Morgan fingerprint density at radius 3 is 2.75 bits per heavy atom. The molecule has 0 aliphatic heterocycles. The van der Waals surface area contributed by atoms with E-state index in [0.29, 0.717) is 12.3 Å². The molecule has 2 saturated carbocycles. The first-order valence-electron chi connectivity index (χ1n) is 4.72. The van der Waals surface area contributed by atoms with Gasteiger partial charge in [-0.25, -0.2) is 0 Å². The van der Waals surface area contributed by atoms with Crippen molar-refractivity contribution in [3.05, 3.63) is 0 Å². The molecule has 0 aromatic rings. The summed E-state index contributed by atoms with van der Waals surface area (Å²) in [6, 6.07) is 0. The standard InChI is InChI=1S/C10H14O2/c1-10-5-3-2-4-7(10)6-8(11)9(10)12/h7H,2-6H2,1H3. The molecule has 0 saturated heterocycles. The van der Waals surface area contributed by atoms with Gasteiger partial charge in [0.2, 0.25) is 5.78 Å². The van der Waals surface area contributed by atoms with Gasteiger partial charge in [-0.1, -0.05) is 19.8 Å². The van der Waals surface area contributed by atoms with E-state index in [4.69, 9.17) is 0 Å². The molecule has 0 aromatic heterocycles. The maximum Gasteiger partial charge on any atom is 0.204 e. The average Bonchev–Trinajstić information content (AvgIpc) is 2.28. The highest BCUT2D eigenvalue weighted by Crippen LogP contribution is 2.48. The number of fused-ring (bicyclic) bond motifs is 1. The predicted octanol–water partition coefficient (Wildman–Crippen LogP) is 1.72. The Kier molecular flexibility index (Phi) is 1.60. The second-order valence-electron chi connectivity index (χ2n) is 4.32. The molecule has 0 spiro atoms. The van der Waals surface area contributed by atoms with E-state index in [-0.39, 0.29) is 17.0 Å². The van der Waals surface area contributed by atoms with Crippen molar-refractivity contribution in [1.29, 1.82) is 0 Å². The molecule has 2 atom stereocenters. The van der Waals surface area contributed by atoms with Crippen LogP contribution in [-0.2, 0) is 9.59 Å². The minimum Gasteiger partial charge on any atom is -0.291 e. The summed E-state index contributed by atoms with van der Waals surface area (Å²) in [5.74, 6) is 0.155. The number of hydrogen-bond donors (Lipinski definition) is 0. The molecule has 2 fully saturated rings. The van der Waals surface area contributed by atoms with Gasteiger partial charge in [0, 0.05) is 11.8 Å². The fourth-order valence-corrected chi connectivity index (χ4v) is 2.67. The highest BCUT2D eigenvalue weighted by atomic mass is 16.2. The van der Waals surface area contributed by atoms with Gasteiger partial charge in [0.1, 0.15) is 0 Å². The molecule has 2 heteroatoms. The smallest absolute Gasteiger partial charge is 0.204 e. The Labute approximate surface area is 72.3 Å². The second kappa shape index (κ2) is 2.41. The zero-order valence-electron chi connectivity index (χ0n) is 7.43. The van der Waals surface area contributed by atoms with Gasteiger partial charge >= 0.3 is 0 Å². The summed E-state index contributed by atoms with van der Waals surface area (Å²) >= 11 is 0. The van der Waals surface area contributed by atoms with Gasteiger partial charge in [0.05, 0.1) is 0 Å².